The van der Waals surface area contributed by atoms with Gasteiger partial charge in [-0.05, 0) is 44.4 Å². The van der Waals surface area contributed by atoms with Gasteiger partial charge in [0, 0.05) is 31.1 Å². The molecule has 3 rings (SSSR count). The van der Waals surface area contributed by atoms with E-state index >= 15 is 0 Å². The van der Waals surface area contributed by atoms with Crippen molar-refractivity contribution >= 4 is 17.4 Å². The summed E-state index contributed by atoms with van der Waals surface area (Å²) in [7, 11) is 0. The van der Waals surface area contributed by atoms with E-state index in [1.165, 1.54) is 6.07 Å². The average Bonchev–Trinajstić information content (AvgIpc) is 3.01. The number of ether oxygens (including phenoxy) is 2. The number of benzene rings is 1. The highest BCUT2D eigenvalue weighted by molar-refractivity contribution is 5.76. The van der Waals surface area contributed by atoms with Gasteiger partial charge >= 0.3 is 11.8 Å². The fourth-order valence-electron chi connectivity index (χ4n) is 3.13. The molecule has 0 atom stereocenters. The number of nitrogens with zero attached hydrogens (tertiary/aromatic N) is 2. The molecule has 0 N–H and O–H groups in total. The van der Waals surface area contributed by atoms with Gasteiger partial charge in [-0.3, -0.25) is 10.1 Å². The van der Waals surface area contributed by atoms with E-state index in [1.807, 2.05) is 26.8 Å². The third kappa shape index (κ3) is 3.60. The lowest BCUT2D eigenvalue weighted by atomic mass is 9.93. The second-order valence-corrected chi connectivity index (χ2v) is 7.20. The van der Waals surface area contributed by atoms with Crippen LogP contribution in [-0.2, 0) is 11.2 Å². The fourth-order valence-corrected chi connectivity index (χ4v) is 3.13. The topological polar surface area (TPSA) is 81.9 Å². The van der Waals surface area contributed by atoms with E-state index in [0.717, 1.165) is 16.7 Å². The second-order valence-electron chi connectivity index (χ2n) is 7.20. The lowest BCUT2D eigenvalue weighted by molar-refractivity contribution is -0.385. The summed E-state index contributed by atoms with van der Waals surface area (Å²) < 4.78 is 10.9. The first kappa shape index (κ1) is 17.3. The molecule has 7 nitrogen and oxygen atoms in total. The van der Waals surface area contributed by atoms with Gasteiger partial charge in [-0.25, -0.2) is 4.79 Å². The van der Waals surface area contributed by atoms with E-state index in [1.54, 1.807) is 11.0 Å². The highest BCUT2D eigenvalue weighted by Gasteiger charge is 2.29. The third-order valence-electron chi connectivity index (χ3n) is 4.24. The standard InChI is InChI=1S/C18H22N2O5/c1-18(2,3)25-17(21)19-9-6-12(7-10-19)13-4-5-15(20(22)23)16-14(13)8-11-24-16/h4-6H,7-11H2,1-3H3. The minimum absolute atomic E-state index is 0.0167. The summed E-state index contributed by atoms with van der Waals surface area (Å²) in [6.45, 7) is 7.03. The number of hydrogen-bond donors (Lipinski definition) is 0. The Kier molecular flexibility index (Phi) is 4.41. The first-order chi connectivity index (χ1) is 11.8. The number of carbonyl (C=O) groups excluding carboxylic acids is 1. The molecular weight excluding hydrogens is 324 g/mol. The molecule has 0 aromatic heterocycles. The molecule has 134 valence electrons. The van der Waals surface area contributed by atoms with E-state index in [-0.39, 0.29) is 11.8 Å². The highest BCUT2D eigenvalue weighted by atomic mass is 16.6. The summed E-state index contributed by atoms with van der Waals surface area (Å²) in [6, 6.07) is 3.29. The van der Waals surface area contributed by atoms with Crippen molar-refractivity contribution < 1.29 is 19.2 Å². The Morgan fingerprint density at radius 3 is 2.68 bits per heavy atom. The number of nitro groups is 1. The quantitative estimate of drug-likeness (QED) is 0.604. The summed E-state index contributed by atoms with van der Waals surface area (Å²) in [6.07, 6.45) is 3.02. The van der Waals surface area contributed by atoms with E-state index in [9.17, 15) is 14.9 Å². The molecule has 0 aliphatic carbocycles. The molecule has 0 bridgehead atoms. The Morgan fingerprint density at radius 2 is 2.08 bits per heavy atom. The third-order valence-corrected chi connectivity index (χ3v) is 4.24. The molecule has 7 heteroatoms. The van der Waals surface area contributed by atoms with Crippen LogP contribution in [0.15, 0.2) is 18.2 Å². The molecule has 0 fully saturated rings. The summed E-state index contributed by atoms with van der Waals surface area (Å²) in [5.41, 5.74) is 2.48. The predicted octanol–water partition coefficient (Wildman–Crippen LogP) is 3.55. The van der Waals surface area contributed by atoms with E-state index in [4.69, 9.17) is 9.47 Å². The van der Waals surface area contributed by atoms with Crippen LogP contribution in [-0.4, -0.2) is 41.2 Å². The summed E-state index contributed by atoms with van der Waals surface area (Å²) in [4.78, 5) is 24.5. The van der Waals surface area contributed by atoms with Crippen LogP contribution in [0.3, 0.4) is 0 Å². The first-order valence-electron chi connectivity index (χ1n) is 8.36. The van der Waals surface area contributed by atoms with Crippen molar-refractivity contribution in [3.63, 3.8) is 0 Å². The van der Waals surface area contributed by atoms with Crippen molar-refractivity contribution in [3.05, 3.63) is 39.4 Å². The van der Waals surface area contributed by atoms with Crippen molar-refractivity contribution in [3.8, 4) is 5.75 Å². The van der Waals surface area contributed by atoms with Gasteiger partial charge in [0.25, 0.3) is 0 Å². The molecule has 0 radical (unpaired) electrons. The maximum absolute atomic E-state index is 12.1. The predicted molar refractivity (Wildman–Crippen MR) is 92.7 cm³/mol. The molecule has 2 aliphatic heterocycles. The van der Waals surface area contributed by atoms with Crippen molar-refractivity contribution in [2.75, 3.05) is 19.7 Å². The Balaban J connectivity index is 1.80. The van der Waals surface area contributed by atoms with Crippen molar-refractivity contribution in [1.29, 1.82) is 0 Å². The van der Waals surface area contributed by atoms with E-state index in [2.05, 4.69) is 0 Å². The van der Waals surface area contributed by atoms with Gasteiger partial charge in [0.15, 0.2) is 0 Å². The van der Waals surface area contributed by atoms with E-state index in [0.29, 0.717) is 38.3 Å². The van der Waals surface area contributed by atoms with Gasteiger partial charge < -0.3 is 14.4 Å². The fraction of sp³-hybridized carbons (Fsp3) is 0.500. The summed E-state index contributed by atoms with van der Waals surface area (Å²) in [5.74, 6) is 0.387. The number of rotatable bonds is 2. The lowest BCUT2D eigenvalue weighted by Gasteiger charge is -2.30. The van der Waals surface area contributed by atoms with Gasteiger partial charge in [-0.15, -0.1) is 0 Å². The van der Waals surface area contributed by atoms with Gasteiger partial charge in [-0.2, -0.15) is 0 Å². The minimum atomic E-state index is -0.516. The van der Waals surface area contributed by atoms with E-state index < -0.39 is 10.5 Å². The Bertz CT molecular complexity index is 749. The number of amides is 1. The van der Waals surface area contributed by atoms with Crippen LogP contribution in [0.25, 0.3) is 5.57 Å². The van der Waals surface area contributed by atoms with Gasteiger partial charge in [0.05, 0.1) is 11.5 Å². The molecule has 25 heavy (non-hydrogen) atoms. The van der Waals surface area contributed by atoms with Crippen LogP contribution in [0.1, 0.15) is 38.3 Å². The van der Waals surface area contributed by atoms with Crippen LogP contribution in [0, 0.1) is 10.1 Å². The molecule has 2 heterocycles. The zero-order chi connectivity index (χ0) is 18.2. The van der Waals surface area contributed by atoms with Gasteiger partial charge in [-0.1, -0.05) is 6.08 Å². The smallest absolute Gasteiger partial charge is 0.410 e. The largest absolute Gasteiger partial charge is 0.486 e. The highest BCUT2D eigenvalue weighted by Crippen LogP contribution is 2.41. The molecule has 2 aliphatic rings. The molecule has 0 unspecified atom stereocenters. The zero-order valence-electron chi connectivity index (χ0n) is 14.7. The maximum Gasteiger partial charge on any atom is 0.410 e. The SMILES string of the molecule is CC(C)(C)OC(=O)N1CC=C(c2ccc([N+](=O)[O-])c3c2CCO3)CC1. The molecule has 0 saturated carbocycles. The normalized spacial score (nSPS) is 16.8. The van der Waals surface area contributed by atoms with Crippen molar-refractivity contribution in [1.82, 2.24) is 4.90 Å². The number of carbonyl (C=O) groups is 1. The van der Waals surface area contributed by atoms with Crippen molar-refractivity contribution in [2.24, 2.45) is 0 Å². The molecule has 1 aromatic rings. The van der Waals surface area contributed by atoms with Crippen LogP contribution in [0.4, 0.5) is 10.5 Å². The van der Waals surface area contributed by atoms with Crippen LogP contribution in [0.5, 0.6) is 5.75 Å². The monoisotopic (exact) mass is 346 g/mol. The van der Waals surface area contributed by atoms with Crippen LogP contribution in [0.2, 0.25) is 0 Å². The second kappa shape index (κ2) is 6.38. The Labute approximate surface area is 146 Å². The van der Waals surface area contributed by atoms with Gasteiger partial charge in [0.1, 0.15) is 5.60 Å². The van der Waals surface area contributed by atoms with Crippen LogP contribution < -0.4 is 4.74 Å². The van der Waals surface area contributed by atoms with Crippen molar-refractivity contribution in [2.45, 2.75) is 39.2 Å². The molecule has 0 spiro atoms. The Hall–Kier alpha value is -2.57. The molecule has 0 saturated heterocycles. The number of fused-ring (bicyclic) bond motifs is 1. The zero-order valence-corrected chi connectivity index (χ0v) is 14.7. The number of hydrogen-bond acceptors (Lipinski definition) is 5. The molecule has 1 amide bonds. The van der Waals surface area contributed by atoms with Crippen LogP contribution >= 0.6 is 0 Å². The molecule has 1 aromatic carbocycles. The summed E-state index contributed by atoms with van der Waals surface area (Å²) >= 11 is 0. The first-order valence-corrected chi connectivity index (χ1v) is 8.36. The average molecular weight is 346 g/mol. The van der Waals surface area contributed by atoms with Gasteiger partial charge in [0.2, 0.25) is 5.75 Å². The minimum Gasteiger partial charge on any atom is -0.486 e. The number of nitro benzene ring substituents is 1. The molecular formula is C18H22N2O5. The maximum atomic E-state index is 12.1. The summed E-state index contributed by atoms with van der Waals surface area (Å²) in [5, 5.41) is 11.1. The lowest BCUT2D eigenvalue weighted by Crippen LogP contribution is -2.39. The Morgan fingerprint density at radius 1 is 1.32 bits per heavy atom.